The fourth-order valence-corrected chi connectivity index (χ4v) is 4.85. The fraction of sp³-hybridized carbons (Fsp3) is 0.600. The van der Waals surface area contributed by atoms with Crippen molar-refractivity contribution in [2.75, 3.05) is 29.1 Å². The molecule has 0 aliphatic carbocycles. The Bertz CT molecular complexity index is 391. The molecule has 0 bridgehead atoms. The number of hydrogen-bond donors (Lipinski definition) is 1. The van der Waals surface area contributed by atoms with Crippen molar-refractivity contribution in [3.63, 3.8) is 0 Å². The first-order chi connectivity index (χ1) is 7.81. The van der Waals surface area contributed by atoms with Gasteiger partial charge >= 0.3 is 0 Å². The van der Waals surface area contributed by atoms with Crippen LogP contribution < -0.4 is 5.32 Å². The standard InChI is InChI=1S/C10H13N3S3/c1-7-9(4-11)10(16-13-7)12-5-8-6-14-2-3-15-8/h8,12H,2-3,5-6H2,1H3. The van der Waals surface area contributed by atoms with Crippen molar-refractivity contribution in [2.24, 2.45) is 0 Å². The summed E-state index contributed by atoms with van der Waals surface area (Å²) in [5.74, 6) is 3.71. The first-order valence-electron chi connectivity index (χ1n) is 5.11. The summed E-state index contributed by atoms with van der Waals surface area (Å²) in [6, 6.07) is 2.20. The van der Waals surface area contributed by atoms with Gasteiger partial charge in [-0.3, -0.25) is 0 Å². The van der Waals surface area contributed by atoms with Gasteiger partial charge in [0, 0.05) is 29.1 Å². The van der Waals surface area contributed by atoms with Gasteiger partial charge in [-0.1, -0.05) is 0 Å². The smallest absolute Gasteiger partial charge is 0.127 e. The van der Waals surface area contributed by atoms with E-state index in [2.05, 4.69) is 15.8 Å². The molecule has 0 spiro atoms. The maximum Gasteiger partial charge on any atom is 0.127 e. The number of rotatable bonds is 3. The molecule has 1 atom stereocenters. The van der Waals surface area contributed by atoms with Crippen LogP contribution in [0.15, 0.2) is 0 Å². The van der Waals surface area contributed by atoms with E-state index in [1.807, 2.05) is 30.4 Å². The van der Waals surface area contributed by atoms with Crippen LogP contribution in [0.4, 0.5) is 5.00 Å². The zero-order valence-corrected chi connectivity index (χ0v) is 11.5. The van der Waals surface area contributed by atoms with Gasteiger partial charge in [-0.15, -0.1) is 0 Å². The van der Waals surface area contributed by atoms with Crippen molar-refractivity contribution in [3.8, 4) is 6.07 Å². The molecule has 86 valence electrons. The quantitative estimate of drug-likeness (QED) is 0.915. The predicted octanol–water partition coefficient (Wildman–Crippen LogP) is 2.58. The van der Waals surface area contributed by atoms with Crippen LogP contribution in [0, 0.1) is 18.3 Å². The lowest BCUT2D eigenvalue weighted by Crippen LogP contribution is -2.23. The molecule has 1 aliphatic rings. The van der Waals surface area contributed by atoms with E-state index >= 15 is 0 Å². The van der Waals surface area contributed by atoms with E-state index in [4.69, 9.17) is 5.26 Å². The minimum absolute atomic E-state index is 0.660. The number of nitrogens with one attached hydrogen (secondary N) is 1. The van der Waals surface area contributed by atoms with Gasteiger partial charge in [0.05, 0.1) is 5.69 Å². The van der Waals surface area contributed by atoms with E-state index in [9.17, 15) is 0 Å². The molecule has 3 nitrogen and oxygen atoms in total. The third-order valence-electron chi connectivity index (χ3n) is 2.35. The Morgan fingerprint density at radius 1 is 1.56 bits per heavy atom. The number of aryl methyl sites for hydroxylation is 1. The van der Waals surface area contributed by atoms with Gasteiger partial charge in [-0.05, 0) is 18.5 Å². The number of nitriles is 1. The SMILES string of the molecule is Cc1nsc(NCC2CSCCS2)c1C#N. The highest BCUT2D eigenvalue weighted by Crippen LogP contribution is 2.27. The molecule has 0 aromatic carbocycles. The second-order valence-corrected chi connectivity index (χ2v) is 6.86. The zero-order valence-electron chi connectivity index (χ0n) is 9.02. The summed E-state index contributed by atoms with van der Waals surface area (Å²) in [6.45, 7) is 2.82. The van der Waals surface area contributed by atoms with Crippen LogP contribution in [0.2, 0.25) is 0 Å². The molecule has 0 radical (unpaired) electrons. The van der Waals surface area contributed by atoms with Crippen molar-refractivity contribution < 1.29 is 0 Å². The summed E-state index contributed by atoms with van der Waals surface area (Å²) in [5, 5.41) is 13.9. The van der Waals surface area contributed by atoms with Crippen LogP contribution >= 0.6 is 35.1 Å². The zero-order chi connectivity index (χ0) is 11.4. The van der Waals surface area contributed by atoms with Gasteiger partial charge in [-0.2, -0.15) is 33.2 Å². The first-order valence-corrected chi connectivity index (χ1v) is 8.08. The van der Waals surface area contributed by atoms with E-state index < -0.39 is 0 Å². The second kappa shape index (κ2) is 5.80. The summed E-state index contributed by atoms with van der Waals surface area (Å²) in [5.41, 5.74) is 1.54. The Labute approximate surface area is 108 Å². The van der Waals surface area contributed by atoms with Crippen molar-refractivity contribution >= 4 is 40.1 Å². The molecule has 2 heterocycles. The normalized spacial score (nSPS) is 20.4. The second-order valence-electron chi connectivity index (χ2n) is 3.53. The molecule has 1 aromatic rings. The Kier molecular flexibility index (Phi) is 4.38. The van der Waals surface area contributed by atoms with Gasteiger partial charge in [0.1, 0.15) is 16.6 Å². The summed E-state index contributed by atoms with van der Waals surface area (Å²) in [7, 11) is 0. The third kappa shape index (κ3) is 2.84. The largest absolute Gasteiger partial charge is 0.373 e. The summed E-state index contributed by atoms with van der Waals surface area (Å²) < 4.78 is 4.20. The summed E-state index contributed by atoms with van der Waals surface area (Å²) in [4.78, 5) is 0. The molecule has 16 heavy (non-hydrogen) atoms. The highest BCUT2D eigenvalue weighted by Gasteiger charge is 2.16. The van der Waals surface area contributed by atoms with Crippen LogP contribution in [-0.4, -0.2) is 33.4 Å². The van der Waals surface area contributed by atoms with E-state index in [1.54, 1.807) is 0 Å². The van der Waals surface area contributed by atoms with Crippen LogP contribution in [0.25, 0.3) is 0 Å². The Hall–Kier alpha value is -0.380. The molecule has 0 saturated carbocycles. The highest BCUT2D eigenvalue weighted by atomic mass is 32.2. The molecular weight excluding hydrogens is 258 g/mol. The third-order valence-corrected chi connectivity index (χ3v) is 6.09. The first kappa shape index (κ1) is 12.1. The van der Waals surface area contributed by atoms with Gasteiger partial charge < -0.3 is 5.32 Å². The predicted molar refractivity (Wildman–Crippen MR) is 73.6 cm³/mol. The van der Waals surface area contributed by atoms with E-state index in [1.165, 1.54) is 28.8 Å². The average molecular weight is 271 g/mol. The van der Waals surface area contributed by atoms with Crippen molar-refractivity contribution in [1.29, 1.82) is 5.26 Å². The average Bonchev–Trinajstić information content (AvgIpc) is 2.68. The van der Waals surface area contributed by atoms with Crippen molar-refractivity contribution in [3.05, 3.63) is 11.3 Å². The number of anilines is 1. The van der Waals surface area contributed by atoms with Crippen LogP contribution in [0.1, 0.15) is 11.3 Å². The maximum absolute atomic E-state index is 8.99. The lowest BCUT2D eigenvalue weighted by Gasteiger charge is -2.21. The Balaban J connectivity index is 1.91. The molecule has 1 aromatic heterocycles. The molecule has 6 heteroatoms. The molecule has 2 rings (SSSR count). The number of hydrogen-bond acceptors (Lipinski definition) is 6. The molecule has 1 fully saturated rings. The van der Waals surface area contributed by atoms with Crippen LogP contribution in [0.3, 0.4) is 0 Å². The Morgan fingerprint density at radius 2 is 2.44 bits per heavy atom. The van der Waals surface area contributed by atoms with Crippen molar-refractivity contribution in [1.82, 2.24) is 4.37 Å². The number of nitrogens with zero attached hydrogens (tertiary/aromatic N) is 2. The van der Waals surface area contributed by atoms with Crippen LogP contribution in [0.5, 0.6) is 0 Å². The fourth-order valence-electron chi connectivity index (χ4n) is 1.48. The van der Waals surface area contributed by atoms with Crippen molar-refractivity contribution in [2.45, 2.75) is 12.2 Å². The molecule has 1 saturated heterocycles. The van der Waals surface area contributed by atoms with E-state index in [-0.39, 0.29) is 0 Å². The lowest BCUT2D eigenvalue weighted by atomic mass is 10.3. The van der Waals surface area contributed by atoms with E-state index in [0.29, 0.717) is 10.8 Å². The van der Waals surface area contributed by atoms with Gasteiger partial charge in [-0.25, -0.2) is 0 Å². The molecule has 0 amide bonds. The highest BCUT2D eigenvalue weighted by molar-refractivity contribution is 8.06. The lowest BCUT2D eigenvalue weighted by molar-refractivity contribution is 1.01. The Morgan fingerprint density at radius 3 is 3.12 bits per heavy atom. The minimum Gasteiger partial charge on any atom is -0.373 e. The monoisotopic (exact) mass is 271 g/mol. The molecular formula is C10H13N3S3. The summed E-state index contributed by atoms with van der Waals surface area (Å²) >= 11 is 5.43. The molecule has 1 N–H and O–H groups in total. The van der Waals surface area contributed by atoms with Crippen LogP contribution in [-0.2, 0) is 0 Å². The number of aromatic nitrogens is 1. The van der Waals surface area contributed by atoms with Gasteiger partial charge in [0.25, 0.3) is 0 Å². The number of thioether (sulfide) groups is 2. The van der Waals surface area contributed by atoms with Gasteiger partial charge in [0.2, 0.25) is 0 Å². The molecule has 1 aliphatic heterocycles. The topological polar surface area (TPSA) is 48.7 Å². The summed E-state index contributed by atoms with van der Waals surface area (Å²) in [6.07, 6.45) is 0. The minimum atomic E-state index is 0.660. The molecule has 1 unspecified atom stereocenters. The maximum atomic E-state index is 8.99. The van der Waals surface area contributed by atoms with E-state index in [0.717, 1.165) is 17.2 Å². The van der Waals surface area contributed by atoms with Gasteiger partial charge in [0.15, 0.2) is 0 Å².